The molecular formula is C23H27BrClN3O2. The van der Waals surface area contributed by atoms with E-state index in [9.17, 15) is 9.59 Å². The summed E-state index contributed by atoms with van der Waals surface area (Å²) in [5, 5.41) is 3.51. The number of anilines is 2. The van der Waals surface area contributed by atoms with Gasteiger partial charge in [0.25, 0.3) is 0 Å². The molecule has 30 heavy (non-hydrogen) atoms. The van der Waals surface area contributed by atoms with Gasteiger partial charge in [-0.25, -0.2) is 0 Å². The van der Waals surface area contributed by atoms with Crippen LogP contribution in [0.1, 0.15) is 25.8 Å². The van der Waals surface area contributed by atoms with Crippen LogP contribution in [0.5, 0.6) is 0 Å². The van der Waals surface area contributed by atoms with Crippen molar-refractivity contribution in [2.45, 2.75) is 26.7 Å². The van der Waals surface area contributed by atoms with Crippen LogP contribution in [0, 0.1) is 5.92 Å². The Kier molecular flexibility index (Phi) is 7.78. The van der Waals surface area contributed by atoms with E-state index in [-0.39, 0.29) is 11.8 Å². The fraction of sp³-hybridized carbons (Fsp3) is 0.391. The van der Waals surface area contributed by atoms with Gasteiger partial charge in [0.2, 0.25) is 11.8 Å². The average molecular weight is 493 g/mol. The molecule has 1 saturated heterocycles. The van der Waals surface area contributed by atoms with Gasteiger partial charge in [0.1, 0.15) is 0 Å². The summed E-state index contributed by atoms with van der Waals surface area (Å²) in [6, 6.07) is 13.3. The molecule has 1 heterocycles. The quantitative estimate of drug-likeness (QED) is 0.619. The van der Waals surface area contributed by atoms with Crippen molar-refractivity contribution >= 4 is 50.7 Å². The van der Waals surface area contributed by atoms with Crippen LogP contribution in [0.3, 0.4) is 0 Å². The van der Waals surface area contributed by atoms with Gasteiger partial charge in [0.05, 0.1) is 17.1 Å². The fourth-order valence-corrected chi connectivity index (χ4v) is 4.07. The molecule has 1 fully saturated rings. The van der Waals surface area contributed by atoms with E-state index in [0.717, 1.165) is 28.8 Å². The summed E-state index contributed by atoms with van der Waals surface area (Å²) in [7, 11) is 0. The lowest BCUT2D eigenvalue weighted by Gasteiger charge is -2.36. The zero-order chi connectivity index (χ0) is 21.7. The zero-order valence-electron chi connectivity index (χ0n) is 17.3. The summed E-state index contributed by atoms with van der Waals surface area (Å²) >= 11 is 9.91. The highest BCUT2D eigenvalue weighted by Gasteiger charge is 2.23. The summed E-state index contributed by atoms with van der Waals surface area (Å²) in [6.45, 7) is 7.03. The number of amides is 2. The summed E-state index contributed by atoms with van der Waals surface area (Å²) in [5.41, 5.74) is 2.55. The molecule has 1 N–H and O–H groups in total. The standard InChI is InChI=1S/C23H27BrClN3O2/c1-16(2)13-23(30)28-11-9-27(10-12-28)21-8-7-19(15-20(21)25)26-22(29)14-17-3-5-18(24)6-4-17/h3-8,15-16H,9-14H2,1-2H3,(H,26,29). The normalized spacial score (nSPS) is 14.2. The van der Waals surface area contributed by atoms with Gasteiger partial charge in [0, 0.05) is 42.8 Å². The Hall–Kier alpha value is -2.05. The molecule has 5 nitrogen and oxygen atoms in total. The van der Waals surface area contributed by atoms with Crippen LogP contribution in [0.2, 0.25) is 5.02 Å². The Labute approximate surface area is 191 Å². The third-order valence-electron chi connectivity index (χ3n) is 5.07. The Balaban J connectivity index is 1.56. The highest BCUT2D eigenvalue weighted by molar-refractivity contribution is 9.10. The van der Waals surface area contributed by atoms with E-state index in [1.165, 1.54) is 0 Å². The van der Waals surface area contributed by atoms with Gasteiger partial charge in [0.15, 0.2) is 0 Å². The largest absolute Gasteiger partial charge is 0.367 e. The molecule has 0 unspecified atom stereocenters. The zero-order valence-corrected chi connectivity index (χ0v) is 19.7. The van der Waals surface area contributed by atoms with Crippen molar-refractivity contribution < 1.29 is 9.59 Å². The van der Waals surface area contributed by atoms with Crippen LogP contribution in [0.15, 0.2) is 46.9 Å². The van der Waals surface area contributed by atoms with Crippen molar-refractivity contribution in [1.29, 1.82) is 0 Å². The number of carbonyl (C=O) groups is 2. The number of benzene rings is 2. The van der Waals surface area contributed by atoms with Crippen molar-refractivity contribution in [2.24, 2.45) is 5.92 Å². The Morgan fingerprint density at radius 1 is 1.07 bits per heavy atom. The molecule has 1 aliphatic heterocycles. The average Bonchev–Trinajstić information content (AvgIpc) is 2.69. The number of nitrogens with zero attached hydrogens (tertiary/aromatic N) is 2. The highest BCUT2D eigenvalue weighted by Crippen LogP contribution is 2.30. The van der Waals surface area contributed by atoms with Crippen LogP contribution < -0.4 is 10.2 Å². The minimum absolute atomic E-state index is 0.0848. The van der Waals surface area contributed by atoms with Crippen molar-refractivity contribution in [2.75, 3.05) is 36.4 Å². The maximum atomic E-state index is 12.3. The molecule has 0 bridgehead atoms. The number of hydrogen-bond acceptors (Lipinski definition) is 3. The number of halogens is 2. The molecule has 2 amide bonds. The lowest BCUT2D eigenvalue weighted by Crippen LogP contribution is -2.49. The molecule has 0 spiro atoms. The van der Waals surface area contributed by atoms with E-state index in [1.54, 1.807) is 6.07 Å². The number of piperazine rings is 1. The van der Waals surface area contributed by atoms with Crippen molar-refractivity contribution in [3.8, 4) is 0 Å². The monoisotopic (exact) mass is 491 g/mol. The molecule has 0 radical (unpaired) electrons. The second-order valence-corrected chi connectivity index (χ2v) is 9.31. The van der Waals surface area contributed by atoms with E-state index in [4.69, 9.17) is 11.6 Å². The van der Waals surface area contributed by atoms with E-state index >= 15 is 0 Å². The Bertz CT molecular complexity index is 894. The lowest BCUT2D eigenvalue weighted by atomic mass is 10.1. The lowest BCUT2D eigenvalue weighted by molar-refractivity contribution is -0.132. The molecule has 1 aliphatic rings. The van der Waals surface area contributed by atoms with Gasteiger partial charge in [-0.15, -0.1) is 0 Å². The number of rotatable bonds is 6. The van der Waals surface area contributed by atoms with Gasteiger partial charge in [-0.3, -0.25) is 9.59 Å². The van der Waals surface area contributed by atoms with Crippen LogP contribution in [-0.2, 0) is 16.0 Å². The SMILES string of the molecule is CC(C)CC(=O)N1CCN(c2ccc(NC(=O)Cc3ccc(Br)cc3)cc2Cl)CC1. The van der Waals surface area contributed by atoms with Crippen LogP contribution in [0.25, 0.3) is 0 Å². The second kappa shape index (κ2) is 10.3. The van der Waals surface area contributed by atoms with Crippen LogP contribution in [0.4, 0.5) is 11.4 Å². The minimum Gasteiger partial charge on any atom is -0.367 e. The van der Waals surface area contributed by atoms with E-state index in [0.29, 0.717) is 42.6 Å². The molecule has 0 saturated carbocycles. The molecule has 2 aromatic carbocycles. The fourth-order valence-electron chi connectivity index (χ4n) is 3.51. The summed E-state index contributed by atoms with van der Waals surface area (Å²) < 4.78 is 0.985. The molecule has 7 heteroatoms. The first-order valence-corrected chi connectivity index (χ1v) is 11.4. The first-order valence-electron chi connectivity index (χ1n) is 10.2. The van der Waals surface area contributed by atoms with Crippen molar-refractivity contribution in [3.63, 3.8) is 0 Å². The predicted octanol–water partition coefficient (Wildman–Crippen LogP) is 4.98. The van der Waals surface area contributed by atoms with E-state index in [1.807, 2.05) is 41.3 Å². The summed E-state index contributed by atoms with van der Waals surface area (Å²) in [6.07, 6.45) is 0.897. The topological polar surface area (TPSA) is 52.7 Å². The molecule has 3 rings (SSSR count). The summed E-state index contributed by atoms with van der Waals surface area (Å²) in [5.74, 6) is 0.509. The van der Waals surface area contributed by atoms with Gasteiger partial charge in [-0.2, -0.15) is 0 Å². The van der Waals surface area contributed by atoms with Gasteiger partial charge in [-0.05, 0) is 41.8 Å². The predicted molar refractivity (Wildman–Crippen MR) is 126 cm³/mol. The Morgan fingerprint density at radius 3 is 2.33 bits per heavy atom. The highest BCUT2D eigenvalue weighted by atomic mass is 79.9. The van der Waals surface area contributed by atoms with Crippen LogP contribution >= 0.6 is 27.5 Å². The minimum atomic E-state index is -0.0848. The van der Waals surface area contributed by atoms with E-state index < -0.39 is 0 Å². The molecular weight excluding hydrogens is 466 g/mol. The third-order valence-corrected chi connectivity index (χ3v) is 5.90. The van der Waals surface area contributed by atoms with Crippen molar-refractivity contribution in [3.05, 3.63) is 57.5 Å². The van der Waals surface area contributed by atoms with Crippen LogP contribution in [-0.4, -0.2) is 42.9 Å². The first-order chi connectivity index (χ1) is 14.3. The third kappa shape index (κ3) is 6.22. The molecule has 160 valence electrons. The molecule has 0 atom stereocenters. The molecule has 2 aromatic rings. The summed E-state index contributed by atoms with van der Waals surface area (Å²) in [4.78, 5) is 28.7. The number of hydrogen-bond donors (Lipinski definition) is 1. The Morgan fingerprint density at radius 2 is 1.73 bits per heavy atom. The van der Waals surface area contributed by atoms with Gasteiger partial charge < -0.3 is 15.1 Å². The molecule has 0 aromatic heterocycles. The first kappa shape index (κ1) is 22.6. The van der Waals surface area contributed by atoms with Gasteiger partial charge in [-0.1, -0.05) is 53.5 Å². The van der Waals surface area contributed by atoms with Gasteiger partial charge >= 0.3 is 0 Å². The maximum Gasteiger partial charge on any atom is 0.228 e. The molecule has 0 aliphatic carbocycles. The van der Waals surface area contributed by atoms with Crippen molar-refractivity contribution in [1.82, 2.24) is 4.90 Å². The number of carbonyl (C=O) groups excluding carboxylic acids is 2. The maximum absolute atomic E-state index is 12.3. The second-order valence-electron chi connectivity index (χ2n) is 7.98. The number of nitrogens with one attached hydrogen (secondary N) is 1. The smallest absolute Gasteiger partial charge is 0.228 e. The van der Waals surface area contributed by atoms with E-state index in [2.05, 4.69) is 40.0 Å².